The molecule has 3 rings (SSSR count). The highest BCUT2D eigenvalue weighted by Crippen LogP contribution is 2.17. The van der Waals surface area contributed by atoms with E-state index in [0.717, 1.165) is 17.3 Å². The van der Waals surface area contributed by atoms with Crippen LogP contribution in [0.3, 0.4) is 0 Å². The number of nitrogens with zero attached hydrogens (tertiary/aromatic N) is 1. The standard InChI is InChI=1S/C19H21N3O/c1-14(12-15-8-4-3-5-9-15)20-21-19(23)18-13-16-10-6-7-11-17(16)22(18)2/h3-11,13-14,20H,12H2,1-2H3,(H,21,23). The maximum Gasteiger partial charge on any atom is 0.282 e. The van der Waals surface area contributed by atoms with Crippen molar-refractivity contribution in [1.82, 2.24) is 15.4 Å². The molecule has 0 aliphatic carbocycles. The van der Waals surface area contributed by atoms with E-state index < -0.39 is 0 Å². The molecule has 0 spiro atoms. The van der Waals surface area contributed by atoms with Crippen molar-refractivity contribution in [3.05, 3.63) is 71.9 Å². The minimum atomic E-state index is -0.122. The van der Waals surface area contributed by atoms with Crippen molar-refractivity contribution in [3.63, 3.8) is 0 Å². The van der Waals surface area contributed by atoms with Gasteiger partial charge < -0.3 is 4.57 Å². The molecule has 0 aliphatic rings. The number of hydrogen-bond acceptors (Lipinski definition) is 2. The van der Waals surface area contributed by atoms with Gasteiger partial charge in [0, 0.05) is 24.0 Å². The molecule has 1 heterocycles. The molecule has 0 saturated heterocycles. The molecule has 1 unspecified atom stereocenters. The molecule has 0 saturated carbocycles. The van der Waals surface area contributed by atoms with Crippen LogP contribution < -0.4 is 10.9 Å². The molecule has 1 amide bonds. The summed E-state index contributed by atoms with van der Waals surface area (Å²) in [4.78, 5) is 12.4. The SMILES string of the molecule is CC(Cc1ccccc1)NNC(=O)c1cc2ccccc2n1C. The number of fused-ring (bicyclic) bond motifs is 1. The van der Waals surface area contributed by atoms with Gasteiger partial charge in [-0.3, -0.25) is 10.2 Å². The number of carbonyl (C=O) groups is 1. The van der Waals surface area contributed by atoms with Gasteiger partial charge in [-0.15, -0.1) is 0 Å². The number of hydrogen-bond donors (Lipinski definition) is 2. The van der Waals surface area contributed by atoms with Crippen molar-refractivity contribution in [2.75, 3.05) is 0 Å². The van der Waals surface area contributed by atoms with E-state index >= 15 is 0 Å². The van der Waals surface area contributed by atoms with Crippen LogP contribution >= 0.6 is 0 Å². The van der Waals surface area contributed by atoms with E-state index in [4.69, 9.17) is 0 Å². The van der Waals surface area contributed by atoms with Crippen LogP contribution in [-0.2, 0) is 13.5 Å². The highest BCUT2D eigenvalue weighted by Gasteiger charge is 2.13. The van der Waals surface area contributed by atoms with Crippen molar-refractivity contribution in [2.45, 2.75) is 19.4 Å². The molecule has 0 radical (unpaired) electrons. The van der Waals surface area contributed by atoms with Gasteiger partial charge in [0.05, 0.1) is 0 Å². The average Bonchev–Trinajstić information content (AvgIpc) is 2.91. The predicted octanol–water partition coefficient (Wildman–Crippen LogP) is 3.04. The molecule has 4 nitrogen and oxygen atoms in total. The Labute approximate surface area is 136 Å². The van der Waals surface area contributed by atoms with E-state index in [-0.39, 0.29) is 11.9 Å². The van der Waals surface area contributed by atoms with Gasteiger partial charge in [0.1, 0.15) is 5.69 Å². The predicted molar refractivity (Wildman–Crippen MR) is 93.1 cm³/mol. The Hall–Kier alpha value is -2.59. The van der Waals surface area contributed by atoms with E-state index in [9.17, 15) is 4.79 Å². The summed E-state index contributed by atoms with van der Waals surface area (Å²) in [7, 11) is 1.91. The van der Waals surface area contributed by atoms with Crippen LogP contribution in [0.15, 0.2) is 60.7 Å². The average molecular weight is 307 g/mol. The van der Waals surface area contributed by atoms with Gasteiger partial charge in [-0.2, -0.15) is 0 Å². The van der Waals surface area contributed by atoms with Crippen LogP contribution in [0.5, 0.6) is 0 Å². The Balaban J connectivity index is 1.63. The number of aryl methyl sites for hydroxylation is 1. The van der Waals surface area contributed by atoms with Gasteiger partial charge in [-0.25, -0.2) is 5.43 Å². The number of hydrazine groups is 1. The molecule has 1 aromatic heterocycles. The van der Waals surface area contributed by atoms with E-state index in [0.29, 0.717) is 5.69 Å². The third kappa shape index (κ3) is 3.43. The second-order valence-electron chi connectivity index (χ2n) is 5.84. The van der Waals surface area contributed by atoms with Crippen molar-refractivity contribution >= 4 is 16.8 Å². The topological polar surface area (TPSA) is 46.1 Å². The smallest absolute Gasteiger partial charge is 0.282 e. The summed E-state index contributed by atoms with van der Waals surface area (Å²) in [5, 5.41) is 1.07. The lowest BCUT2D eigenvalue weighted by molar-refractivity contribution is 0.0918. The molecular formula is C19H21N3O. The Morgan fingerprint density at radius 2 is 1.78 bits per heavy atom. The number of amides is 1. The number of benzene rings is 2. The summed E-state index contributed by atoms with van der Waals surface area (Å²) in [6, 6.07) is 20.3. The quantitative estimate of drug-likeness (QED) is 0.712. The zero-order valence-electron chi connectivity index (χ0n) is 13.4. The first-order valence-corrected chi connectivity index (χ1v) is 7.79. The molecule has 0 fully saturated rings. The second kappa shape index (κ2) is 6.67. The lowest BCUT2D eigenvalue weighted by Crippen LogP contribution is -2.44. The Kier molecular flexibility index (Phi) is 4.44. The summed E-state index contributed by atoms with van der Waals surface area (Å²) in [5.41, 5.74) is 8.84. The van der Waals surface area contributed by atoms with E-state index in [1.807, 2.05) is 60.1 Å². The zero-order chi connectivity index (χ0) is 16.2. The van der Waals surface area contributed by atoms with Crippen molar-refractivity contribution in [3.8, 4) is 0 Å². The van der Waals surface area contributed by atoms with E-state index in [2.05, 4.69) is 29.9 Å². The highest BCUT2D eigenvalue weighted by atomic mass is 16.2. The monoisotopic (exact) mass is 307 g/mol. The third-order valence-electron chi connectivity index (χ3n) is 4.00. The maximum atomic E-state index is 12.4. The van der Waals surface area contributed by atoms with Crippen molar-refractivity contribution in [2.24, 2.45) is 7.05 Å². The molecule has 118 valence electrons. The van der Waals surface area contributed by atoms with Crippen LogP contribution in [0, 0.1) is 0 Å². The second-order valence-corrected chi connectivity index (χ2v) is 5.84. The van der Waals surface area contributed by atoms with Crippen molar-refractivity contribution in [1.29, 1.82) is 0 Å². The first kappa shape index (κ1) is 15.3. The zero-order valence-corrected chi connectivity index (χ0v) is 13.4. The van der Waals surface area contributed by atoms with Crippen LogP contribution in [-0.4, -0.2) is 16.5 Å². The largest absolute Gasteiger partial charge is 0.340 e. The van der Waals surface area contributed by atoms with Gasteiger partial charge in [-0.1, -0.05) is 48.5 Å². The van der Waals surface area contributed by atoms with Gasteiger partial charge in [0.2, 0.25) is 0 Å². The summed E-state index contributed by atoms with van der Waals surface area (Å²) >= 11 is 0. The summed E-state index contributed by atoms with van der Waals surface area (Å²) < 4.78 is 1.91. The van der Waals surface area contributed by atoms with Crippen LogP contribution in [0.2, 0.25) is 0 Å². The third-order valence-corrected chi connectivity index (χ3v) is 4.00. The van der Waals surface area contributed by atoms with Gasteiger partial charge in [-0.05, 0) is 31.0 Å². The maximum absolute atomic E-state index is 12.4. The van der Waals surface area contributed by atoms with Crippen molar-refractivity contribution < 1.29 is 4.79 Å². The molecule has 0 aliphatic heterocycles. The van der Waals surface area contributed by atoms with Crippen LogP contribution in [0.4, 0.5) is 0 Å². The molecule has 23 heavy (non-hydrogen) atoms. The fraction of sp³-hybridized carbons (Fsp3) is 0.211. The molecule has 0 bridgehead atoms. The minimum absolute atomic E-state index is 0.122. The van der Waals surface area contributed by atoms with Gasteiger partial charge in [0.25, 0.3) is 5.91 Å². The Morgan fingerprint density at radius 1 is 1.09 bits per heavy atom. The first-order valence-electron chi connectivity index (χ1n) is 7.79. The number of aromatic nitrogens is 1. The number of carbonyl (C=O) groups excluding carboxylic acids is 1. The molecule has 3 aromatic rings. The minimum Gasteiger partial charge on any atom is -0.340 e. The van der Waals surface area contributed by atoms with Crippen LogP contribution in [0.1, 0.15) is 23.0 Å². The molecule has 1 atom stereocenters. The lowest BCUT2D eigenvalue weighted by atomic mass is 10.1. The van der Waals surface area contributed by atoms with Crippen LogP contribution in [0.25, 0.3) is 10.9 Å². The van der Waals surface area contributed by atoms with Gasteiger partial charge in [0.15, 0.2) is 0 Å². The van der Waals surface area contributed by atoms with Gasteiger partial charge >= 0.3 is 0 Å². The number of rotatable bonds is 5. The fourth-order valence-electron chi connectivity index (χ4n) is 2.78. The number of para-hydroxylation sites is 1. The molecule has 2 N–H and O–H groups in total. The summed E-state index contributed by atoms with van der Waals surface area (Å²) in [5.74, 6) is -0.122. The lowest BCUT2D eigenvalue weighted by Gasteiger charge is -2.15. The molecule has 2 aromatic carbocycles. The Bertz CT molecular complexity index is 808. The fourth-order valence-corrected chi connectivity index (χ4v) is 2.78. The molecule has 4 heteroatoms. The summed E-state index contributed by atoms with van der Waals surface area (Å²) in [6.07, 6.45) is 0.857. The van der Waals surface area contributed by atoms with E-state index in [1.54, 1.807) is 0 Å². The summed E-state index contributed by atoms with van der Waals surface area (Å²) in [6.45, 7) is 2.05. The molecular weight excluding hydrogens is 286 g/mol. The number of nitrogens with one attached hydrogen (secondary N) is 2. The Morgan fingerprint density at radius 3 is 2.52 bits per heavy atom. The normalized spacial score (nSPS) is 12.3. The highest BCUT2D eigenvalue weighted by molar-refractivity contribution is 5.98. The van der Waals surface area contributed by atoms with E-state index in [1.165, 1.54) is 5.56 Å². The first-order chi connectivity index (χ1) is 11.1.